The predicted octanol–water partition coefficient (Wildman–Crippen LogP) is 0.931. The molecule has 0 aromatic carbocycles. The summed E-state index contributed by atoms with van der Waals surface area (Å²) in [5, 5.41) is 0.256. The molecule has 0 aromatic heterocycles. The van der Waals surface area contributed by atoms with Crippen molar-refractivity contribution >= 4 is 18.7 Å². The standard InChI is InChI=1S/C11H21N3O2S/c1-9(17)13-4-6-14(7-5-13)11(15)12-16-8-10-2-3-10/h9-10,17H,2-8H2,1H3,(H,12,15). The molecule has 1 saturated heterocycles. The van der Waals surface area contributed by atoms with Crippen LogP contribution in [0.3, 0.4) is 0 Å². The maximum Gasteiger partial charge on any atom is 0.341 e. The van der Waals surface area contributed by atoms with Crippen LogP contribution in [-0.4, -0.2) is 54.0 Å². The molecule has 1 unspecified atom stereocenters. The van der Waals surface area contributed by atoms with Crippen LogP contribution in [0.2, 0.25) is 0 Å². The molecule has 0 spiro atoms. The fourth-order valence-electron chi connectivity index (χ4n) is 1.87. The van der Waals surface area contributed by atoms with E-state index in [1.54, 1.807) is 4.90 Å². The normalized spacial score (nSPS) is 23.5. The Morgan fingerprint density at radius 1 is 1.41 bits per heavy atom. The molecule has 98 valence electrons. The van der Waals surface area contributed by atoms with Crippen LogP contribution in [0.25, 0.3) is 0 Å². The minimum absolute atomic E-state index is 0.114. The first-order chi connectivity index (χ1) is 8.16. The molecule has 0 radical (unpaired) electrons. The van der Waals surface area contributed by atoms with Crippen molar-refractivity contribution in [2.24, 2.45) is 5.92 Å². The SMILES string of the molecule is CC(S)N1CCN(C(=O)NOCC2CC2)CC1. The fourth-order valence-corrected chi connectivity index (χ4v) is 2.10. The molecule has 0 bridgehead atoms. The van der Waals surface area contributed by atoms with Crippen LogP contribution >= 0.6 is 12.6 Å². The van der Waals surface area contributed by atoms with Gasteiger partial charge in [0.2, 0.25) is 0 Å². The maximum absolute atomic E-state index is 11.7. The third-order valence-electron chi connectivity index (χ3n) is 3.31. The van der Waals surface area contributed by atoms with Gasteiger partial charge in [0.15, 0.2) is 0 Å². The van der Waals surface area contributed by atoms with Crippen LogP contribution in [-0.2, 0) is 4.84 Å². The van der Waals surface area contributed by atoms with Gasteiger partial charge in [-0.3, -0.25) is 9.74 Å². The summed E-state index contributed by atoms with van der Waals surface area (Å²) in [4.78, 5) is 20.9. The van der Waals surface area contributed by atoms with Crippen molar-refractivity contribution in [3.8, 4) is 0 Å². The molecule has 17 heavy (non-hydrogen) atoms. The number of hydrogen-bond acceptors (Lipinski definition) is 4. The predicted molar refractivity (Wildman–Crippen MR) is 68.8 cm³/mol. The molecule has 1 heterocycles. The van der Waals surface area contributed by atoms with Crippen molar-refractivity contribution in [1.82, 2.24) is 15.3 Å². The van der Waals surface area contributed by atoms with Gasteiger partial charge in [0.25, 0.3) is 0 Å². The number of hydrogen-bond donors (Lipinski definition) is 2. The molecule has 1 atom stereocenters. The molecule has 2 rings (SSSR count). The summed E-state index contributed by atoms with van der Waals surface area (Å²) in [5.41, 5.74) is 2.52. The van der Waals surface area contributed by atoms with E-state index in [0.717, 1.165) is 26.2 Å². The molecule has 1 aliphatic carbocycles. The minimum Gasteiger partial charge on any atom is -0.320 e. The number of piperazine rings is 1. The van der Waals surface area contributed by atoms with E-state index in [4.69, 9.17) is 4.84 Å². The number of urea groups is 1. The monoisotopic (exact) mass is 259 g/mol. The highest BCUT2D eigenvalue weighted by Gasteiger charge is 2.24. The van der Waals surface area contributed by atoms with Crippen LogP contribution in [0.4, 0.5) is 4.79 Å². The van der Waals surface area contributed by atoms with Gasteiger partial charge in [-0.25, -0.2) is 10.3 Å². The van der Waals surface area contributed by atoms with Gasteiger partial charge in [-0.15, -0.1) is 0 Å². The number of thiol groups is 1. The molecule has 1 aliphatic heterocycles. The van der Waals surface area contributed by atoms with E-state index in [-0.39, 0.29) is 11.4 Å². The van der Waals surface area contributed by atoms with E-state index in [2.05, 4.69) is 29.9 Å². The minimum atomic E-state index is -0.114. The molecule has 5 nitrogen and oxygen atoms in total. The Bertz CT molecular complexity index is 263. The Morgan fingerprint density at radius 3 is 2.59 bits per heavy atom. The summed E-state index contributed by atoms with van der Waals surface area (Å²) in [5.74, 6) is 0.664. The van der Waals surface area contributed by atoms with E-state index in [1.807, 2.05) is 0 Å². The summed E-state index contributed by atoms with van der Waals surface area (Å²) in [6.07, 6.45) is 2.46. The Morgan fingerprint density at radius 2 is 2.06 bits per heavy atom. The van der Waals surface area contributed by atoms with Crippen molar-refractivity contribution in [3.05, 3.63) is 0 Å². The number of amides is 2. The second-order valence-electron chi connectivity index (χ2n) is 4.82. The summed E-state index contributed by atoms with van der Waals surface area (Å²) >= 11 is 4.39. The topological polar surface area (TPSA) is 44.8 Å². The molecule has 1 saturated carbocycles. The first kappa shape index (κ1) is 13.0. The lowest BCUT2D eigenvalue weighted by Gasteiger charge is -2.36. The van der Waals surface area contributed by atoms with E-state index in [0.29, 0.717) is 12.5 Å². The van der Waals surface area contributed by atoms with Crippen LogP contribution in [0, 0.1) is 5.92 Å². The van der Waals surface area contributed by atoms with Crippen molar-refractivity contribution in [3.63, 3.8) is 0 Å². The van der Waals surface area contributed by atoms with Gasteiger partial charge >= 0.3 is 6.03 Å². The van der Waals surface area contributed by atoms with Crippen LogP contribution < -0.4 is 5.48 Å². The lowest BCUT2D eigenvalue weighted by Crippen LogP contribution is -2.52. The molecule has 6 heteroatoms. The van der Waals surface area contributed by atoms with E-state index >= 15 is 0 Å². The largest absolute Gasteiger partial charge is 0.341 e. The molecule has 2 fully saturated rings. The zero-order valence-corrected chi connectivity index (χ0v) is 11.2. The lowest BCUT2D eigenvalue weighted by molar-refractivity contribution is 0.0344. The average Bonchev–Trinajstić information content (AvgIpc) is 3.13. The van der Waals surface area contributed by atoms with Gasteiger partial charge < -0.3 is 4.90 Å². The quantitative estimate of drug-likeness (QED) is 0.583. The van der Waals surface area contributed by atoms with E-state index in [1.165, 1.54) is 12.8 Å². The fraction of sp³-hybridized carbons (Fsp3) is 0.909. The van der Waals surface area contributed by atoms with Crippen molar-refractivity contribution in [2.45, 2.75) is 25.1 Å². The summed E-state index contributed by atoms with van der Waals surface area (Å²) in [6.45, 7) is 5.94. The van der Waals surface area contributed by atoms with Gasteiger partial charge in [-0.2, -0.15) is 12.6 Å². The zero-order valence-electron chi connectivity index (χ0n) is 10.3. The van der Waals surface area contributed by atoms with E-state index < -0.39 is 0 Å². The Balaban J connectivity index is 1.62. The van der Waals surface area contributed by atoms with Crippen molar-refractivity contribution < 1.29 is 9.63 Å². The van der Waals surface area contributed by atoms with Gasteiger partial charge in [-0.05, 0) is 25.7 Å². The first-order valence-corrected chi connectivity index (χ1v) is 6.77. The number of nitrogens with zero attached hydrogens (tertiary/aromatic N) is 2. The van der Waals surface area contributed by atoms with Crippen LogP contribution in [0.5, 0.6) is 0 Å². The first-order valence-electron chi connectivity index (χ1n) is 6.25. The molecule has 2 aliphatic rings. The smallest absolute Gasteiger partial charge is 0.320 e. The molecule has 0 aromatic rings. The van der Waals surface area contributed by atoms with Crippen LogP contribution in [0.1, 0.15) is 19.8 Å². The van der Waals surface area contributed by atoms with Gasteiger partial charge in [-0.1, -0.05) is 0 Å². The Kier molecular flexibility index (Phi) is 4.53. The van der Waals surface area contributed by atoms with E-state index in [9.17, 15) is 4.79 Å². The molecule has 2 amide bonds. The third-order valence-corrected chi connectivity index (χ3v) is 3.63. The average molecular weight is 259 g/mol. The van der Waals surface area contributed by atoms with Crippen molar-refractivity contribution in [1.29, 1.82) is 0 Å². The summed E-state index contributed by atoms with van der Waals surface area (Å²) in [7, 11) is 0. The van der Waals surface area contributed by atoms with Crippen molar-refractivity contribution in [2.75, 3.05) is 32.8 Å². The van der Waals surface area contributed by atoms with Gasteiger partial charge in [0.1, 0.15) is 0 Å². The maximum atomic E-state index is 11.7. The molecular formula is C11H21N3O2S. The number of hydroxylamine groups is 1. The number of rotatable bonds is 4. The van der Waals surface area contributed by atoms with Gasteiger partial charge in [0, 0.05) is 26.2 Å². The number of carbonyl (C=O) groups excluding carboxylic acids is 1. The number of nitrogens with one attached hydrogen (secondary N) is 1. The second kappa shape index (κ2) is 5.93. The van der Waals surface area contributed by atoms with Crippen LogP contribution in [0.15, 0.2) is 0 Å². The highest BCUT2D eigenvalue weighted by molar-refractivity contribution is 7.80. The zero-order chi connectivity index (χ0) is 12.3. The Hall–Kier alpha value is -0.460. The summed E-state index contributed by atoms with van der Waals surface area (Å²) in [6, 6.07) is -0.114. The summed E-state index contributed by atoms with van der Waals surface area (Å²) < 4.78 is 0. The molecular weight excluding hydrogens is 238 g/mol. The van der Waals surface area contributed by atoms with Gasteiger partial charge in [0.05, 0.1) is 12.0 Å². The Labute approximate surface area is 108 Å². The number of carbonyl (C=O) groups is 1. The molecule has 1 N–H and O–H groups in total. The highest BCUT2D eigenvalue weighted by atomic mass is 32.1. The second-order valence-corrected chi connectivity index (χ2v) is 5.56. The highest BCUT2D eigenvalue weighted by Crippen LogP contribution is 2.28. The third kappa shape index (κ3) is 4.04. The lowest BCUT2D eigenvalue weighted by atomic mass is 10.3.